The maximum Gasteiger partial charge on any atom is 0.408 e. The van der Waals surface area contributed by atoms with E-state index in [4.69, 9.17) is 4.74 Å². The standard InChI is InChI=1S/C11H19NO2/c1-6(2)8(5)9-10(7(3)4)14-11(13)12-9/h6-7,9-10H,5H2,1-4H3,(H,12,13)/t9-,10+/m0/s1. The number of hydrogen-bond acceptors (Lipinski definition) is 2. The molecular formula is C11H19NO2. The summed E-state index contributed by atoms with van der Waals surface area (Å²) >= 11 is 0. The Hall–Kier alpha value is -0.990. The third-order valence-electron chi connectivity index (χ3n) is 2.64. The lowest BCUT2D eigenvalue weighted by Crippen LogP contribution is -2.37. The van der Waals surface area contributed by atoms with Gasteiger partial charge in [0.15, 0.2) is 0 Å². The first kappa shape index (κ1) is 11.1. The van der Waals surface area contributed by atoms with E-state index in [-0.39, 0.29) is 18.2 Å². The Morgan fingerprint density at radius 3 is 2.43 bits per heavy atom. The molecule has 0 radical (unpaired) electrons. The molecule has 1 rings (SSSR count). The van der Waals surface area contributed by atoms with Gasteiger partial charge in [0.05, 0.1) is 6.04 Å². The highest BCUT2D eigenvalue weighted by Crippen LogP contribution is 2.25. The number of alkyl carbamates (subject to hydrolysis) is 1. The van der Waals surface area contributed by atoms with Crippen molar-refractivity contribution >= 4 is 6.09 Å². The van der Waals surface area contributed by atoms with Crippen molar-refractivity contribution in [1.29, 1.82) is 0 Å². The van der Waals surface area contributed by atoms with Crippen LogP contribution in [0.2, 0.25) is 0 Å². The summed E-state index contributed by atoms with van der Waals surface area (Å²) in [6.45, 7) is 12.3. The summed E-state index contributed by atoms with van der Waals surface area (Å²) in [5.41, 5.74) is 1.04. The van der Waals surface area contributed by atoms with Crippen LogP contribution in [0.4, 0.5) is 4.79 Å². The van der Waals surface area contributed by atoms with Gasteiger partial charge in [-0.25, -0.2) is 4.79 Å². The molecule has 0 unspecified atom stereocenters. The van der Waals surface area contributed by atoms with Crippen LogP contribution in [0.25, 0.3) is 0 Å². The number of amides is 1. The van der Waals surface area contributed by atoms with Crippen molar-refractivity contribution < 1.29 is 9.53 Å². The van der Waals surface area contributed by atoms with Gasteiger partial charge in [0.25, 0.3) is 0 Å². The van der Waals surface area contributed by atoms with Crippen molar-refractivity contribution in [2.45, 2.75) is 39.8 Å². The van der Waals surface area contributed by atoms with Crippen LogP contribution in [0.1, 0.15) is 27.7 Å². The molecule has 0 aromatic rings. The van der Waals surface area contributed by atoms with Crippen molar-refractivity contribution in [3.05, 3.63) is 12.2 Å². The largest absolute Gasteiger partial charge is 0.443 e. The third kappa shape index (κ3) is 2.08. The maximum atomic E-state index is 11.1. The zero-order valence-electron chi connectivity index (χ0n) is 9.33. The second-order valence-corrected chi connectivity index (χ2v) is 4.47. The van der Waals surface area contributed by atoms with E-state index < -0.39 is 0 Å². The average molecular weight is 197 g/mol. The molecule has 0 spiro atoms. The van der Waals surface area contributed by atoms with Crippen molar-refractivity contribution in [3.63, 3.8) is 0 Å². The molecule has 80 valence electrons. The summed E-state index contributed by atoms with van der Waals surface area (Å²) < 4.78 is 5.20. The average Bonchev–Trinajstić information content (AvgIpc) is 2.45. The topological polar surface area (TPSA) is 38.3 Å². The summed E-state index contributed by atoms with van der Waals surface area (Å²) in [5.74, 6) is 0.678. The number of nitrogens with one attached hydrogen (secondary N) is 1. The van der Waals surface area contributed by atoms with Gasteiger partial charge >= 0.3 is 6.09 Å². The predicted molar refractivity (Wildman–Crippen MR) is 56.0 cm³/mol. The van der Waals surface area contributed by atoms with E-state index in [1.165, 1.54) is 0 Å². The summed E-state index contributed by atoms with van der Waals surface area (Å²) in [6.07, 6.45) is -0.395. The van der Waals surface area contributed by atoms with Crippen LogP contribution in [-0.2, 0) is 4.74 Å². The smallest absolute Gasteiger partial charge is 0.408 e. The van der Waals surface area contributed by atoms with E-state index in [0.29, 0.717) is 11.8 Å². The third-order valence-corrected chi connectivity index (χ3v) is 2.64. The Balaban J connectivity index is 2.76. The molecule has 1 heterocycles. The van der Waals surface area contributed by atoms with Crippen LogP contribution in [0.15, 0.2) is 12.2 Å². The SMILES string of the molecule is C=C(C(C)C)[C@@H]1NC(=O)O[C@@H]1C(C)C. The van der Waals surface area contributed by atoms with Gasteiger partial charge in [0.1, 0.15) is 6.10 Å². The fraction of sp³-hybridized carbons (Fsp3) is 0.727. The molecule has 3 nitrogen and oxygen atoms in total. The van der Waals surface area contributed by atoms with E-state index in [9.17, 15) is 4.79 Å². The minimum Gasteiger partial charge on any atom is -0.443 e. The van der Waals surface area contributed by atoms with Crippen LogP contribution in [0.5, 0.6) is 0 Å². The van der Waals surface area contributed by atoms with E-state index in [2.05, 4.69) is 25.7 Å². The quantitative estimate of drug-likeness (QED) is 0.705. The fourth-order valence-electron chi connectivity index (χ4n) is 1.62. The van der Waals surface area contributed by atoms with Crippen molar-refractivity contribution in [3.8, 4) is 0 Å². The van der Waals surface area contributed by atoms with Gasteiger partial charge in [-0.2, -0.15) is 0 Å². The molecule has 2 atom stereocenters. The van der Waals surface area contributed by atoms with Gasteiger partial charge in [-0.3, -0.25) is 0 Å². The monoisotopic (exact) mass is 197 g/mol. The molecule has 1 amide bonds. The van der Waals surface area contributed by atoms with Gasteiger partial charge in [-0.15, -0.1) is 0 Å². The zero-order valence-corrected chi connectivity index (χ0v) is 9.33. The molecular weight excluding hydrogens is 178 g/mol. The Kier molecular flexibility index (Phi) is 3.19. The highest BCUT2D eigenvalue weighted by molar-refractivity contribution is 5.71. The minimum atomic E-state index is -0.324. The fourth-order valence-corrected chi connectivity index (χ4v) is 1.62. The van der Waals surface area contributed by atoms with Gasteiger partial charge in [-0.05, 0) is 17.4 Å². The second kappa shape index (κ2) is 4.03. The molecule has 0 bridgehead atoms. The minimum absolute atomic E-state index is 0.0255. The molecule has 14 heavy (non-hydrogen) atoms. The van der Waals surface area contributed by atoms with Gasteiger partial charge in [0.2, 0.25) is 0 Å². The Labute approximate surface area is 85.5 Å². The summed E-state index contributed by atoms with van der Waals surface area (Å²) in [4.78, 5) is 11.1. The lowest BCUT2D eigenvalue weighted by atomic mass is 9.89. The van der Waals surface area contributed by atoms with Crippen molar-refractivity contribution in [2.24, 2.45) is 11.8 Å². The number of rotatable bonds is 3. The van der Waals surface area contributed by atoms with E-state index in [1.54, 1.807) is 0 Å². The van der Waals surface area contributed by atoms with Crippen LogP contribution >= 0.6 is 0 Å². The zero-order chi connectivity index (χ0) is 10.9. The number of hydrogen-bond donors (Lipinski definition) is 1. The number of carbonyl (C=O) groups is 1. The van der Waals surface area contributed by atoms with E-state index >= 15 is 0 Å². The van der Waals surface area contributed by atoms with Crippen molar-refractivity contribution in [1.82, 2.24) is 5.32 Å². The summed E-state index contributed by atoms with van der Waals surface area (Å²) in [5, 5.41) is 2.81. The van der Waals surface area contributed by atoms with Crippen LogP contribution in [-0.4, -0.2) is 18.2 Å². The van der Waals surface area contributed by atoms with Crippen LogP contribution < -0.4 is 5.32 Å². The van der Waals surface area contributed by atoms with Crippen LogP contribution in [0, 0.1) is 11.8 Å². The number of cyclic esters (lactones) is 1. The molecule has 0 aliphatic carbocycles. The Bertz CT molecular complexity index is 246. The highest BCUT2D eigenvalue weighted by Gasteiger charge is 2.38. The van der Waals surface area contributed by atoms with Crippen molar-refractivity contribution in [2.75, 3.05) is 0 Å². The normalized spacial score (nSPS) is 26.6. The molecule has 1 saturated heterocycles. The lowest BCUT2D eigenvalue weighted by Gasteiger charge is -2.23. The Morgan fingerprint density at radius 2 is 2.00 bits per heavy atom. The molecule has 1 fully saturated rings. The second-order valence-electron chi connectivity index (χ2n) is 4.47. The number of carbonyl (C=O) groups excluding carboxylic acids is 1. The first-order valence-electron chi connectivity index (χ1n) is 5.09. The van der Waals surface area contributed by atoms with E-state index in [0.717, 1.165) is 5.57 Å². The van der Waals surface area contributed by atoms with Gasteiger partial charge in [0, 0.05) is 0 Å². The van der Waals surface area contributed by atoms with Gasteiger partial charge in [-0.1, -0.05) is 34.3 Å². The lowest BCUT2D eigenvalue weighted by molar-refractivity contribution is 0.106. The van der Waals surface area contributed by atoms with E-state index in [1.807, 2.05) is 13.8 Å². The Morgan fingerprint density at radius 1 is 1.43 bits per heavy atom. The molecule has 1 aliphatic heterocycles. The summed E-state index contributed by atoms with van der Waals surface area (Å²) in [7, 11) is 0. The molecule has 1 aliphatic rings. The molecule has 1 N–H and O–H groups in total. The highest BCUT2D eigenvalue weighted by atomic mass is 16.6. The first-order valence-corrected chi connectivity index (χ1v) is 5.09. The van der Waals surface area contributed by atoms with Gasteiger partial charge < -0.3 is 10.1 Å². The molecule has 0 saturated carbocycles. The molecule has 0 aromatic carbocycles. The van der Waals surface area contributed by atoms with Crippen LogP contribution in [0.3, 0.4) is 0 Å². The first-order chi connectivity index (χ1) is 6.43. The molecule has 3 heteroatoms. The maximum absolute atomic E-state index is 11.1. The summed E-state index contributed by atoms with van der Waals surface area (Å²) in [6, 6.07) is -0.0255. The molecule has 0 aromatic heterocycles. The predicted octanol–water partition coefficient (Wildman–Crippen LogP) is 2.33. The number of ether oxygens (including phenoxy) is 1.